The maximum absolute atomic E-state index is 12.3. The predicted octanol–water partition coefficient (Wildman–Crippen LogP) is 3.77. The highest BCUT2D eigenvalue weighted by Gasteiger charge is 2.09. The number of hydrogen-bond donors (Lipinski definition) is 0. The molecule has 0 radical (unpaired) electrons. The van der Waals surface area contributed by atoms with E-state index in [4.69, 9.17) is 16.3 Å². The van der Waals surface area contributed by atoms with Crippen molar-refractivity contribution in [3.8, 4) is 5.75 Å². The number of halogens is 1. The van der Waals surface area contributed by atoms with Gasteiger partial charge in [-0.2, -0.15) is 0 Å². The van der Waals surface area contributed by atoms with Gasteiger partial charge in [-0.25, -0.2) is 4.98 Å². The van der Waals surface area contributed by atoms with E-state index in [0.717, 1.165) is 24.5 Å². The number of benzene rings is 1. The van der Waals surface area contributed by atoms with E-state index < -0.39 is 0 Å². The summed E-state index contributed by atoms with van der Waals surface area (Å²) in [6, 6.07) is 13.2. The van der Waals surface area contributed by atoms with Crippen LogP contribution in [0.5, 0.6) is 5.75 Å². The molecule has 3 rings (SSSR count). The van der Waals surface area contributed by atoms with Gasteiger partial charge < -0.3 is 4.74 Å². The average molecular weight is 372 g/mol. The molecule has 0 atom stereocenters. The van der Waals surface area contributed by atoms with Gasteiger partial charge in [0.25, 0.3) is 5.56 Å². The second-order valence-electron chi connectivity index (χ2n) is 6.04. The Morgan fingerprint density at radius 3 is 2.58 bits per heavy atom. The van der Waals surface area contributed by atoms with Gasteiger partial charge in [0.05, 0.1) is 17.3 Å². The Morgan fingerprint density at radius 1 is 1.12 bits per heavy atom. The van der Waals surface area contributed by atoms with Crippen molar-refractivity contribution in [1.29, 1.82) is 0 Å². The lowest BCUT2D eigenvalue weighted by Crippen LogP contribution is -2.25. The first-order valence-corrected chi connectivity index (χ1v) is 9.08. The molecule has 26 heavy (non-hydrogen) atoms. The van der Waals surface area contributed by atoms with Gasteiger partial charge >= 0.3 is 0 Å². The Balaban J connectivity index is 1.76. The lowest BCUT2D eigenvalue weighted by molar-refractivity contribution is 0.268. The van der Waals surface area contributed by atoms with E-state index >= 15 is 0 Å². The summed E-state index contributed by atoms with van der Waals surface area (Å²) in [7, 11) is 0. The zero-order valence-corrected chi connectivity index (χ0v) is 15.7. The van der Waals surface area contributed by atoms with E-state index in [0.29, 0.717) is 23.8 Å². The van der Waals surface area contributed by atoms with Gasteiger partial charge in [0.1, 0.15) is 11.4 Å². The molecule has 0 aliphatic rings. The molecule has 0 amide bonds. The van der Waals surface area contributed by atoms with E-state index in [1.807, 2.05) is 19.1 Å². The van der Waals surface area contributed by atoms with Gasteiger partial charge in [-0.15, -0.1) is 0 Å². The molecule has 2 aromatic heterocycles. The van der Waals surface area contributed by atoms with Gasteiger partial charge in [-0.05, 0) is 43.3 Å². The highest BCUT2D eigenvalue weighted by Crippen LogP contribution is 2.15. The van der Waals surface area contributed by atoms with Gasteiger partial charge in [0.2, 0.25) is 0 Å². The van der Waals surface area contributed by atoms with E-state index in [9.17, 15) is 4.79 Å². The Kier molecular flexibility index (Phi) is 5.91. The van der Waals surface area contributed by atoms with Crippen LogP contribution in [-0.4, -0.2) is 27.4 Å². The van der Waals surface area contributed by atoms with Crippen LogP contribution >= 0.6 is 11.6 Å². The smallest absolute Gasteiger partial charge is 0.258 e. The topological polar surface area (TPSA) is 46.8 Å². The first-order chi connectivity index (χ1) is 12.6. The number of aromatic nitrogens is 2. The molecule has 5 nitrogen and oxygen atoms in total. The van der Waals surface area contributed by atoms with E-state index in [-0.39, 0.29) is 5.56 Å². The normalized spacial score (nSPS) is 11.2. The fourth-order valence-corrected chi connectivity index (χ4v) is 2.99. The molecule has 0 saturated heterocycles. The average Bonchev–Trinajstić information content (AvgIpc) is 2.63. The van der Waals surface area contributed by atoms with Crippen molar-refractivity contribution in [2.75, 3.05) is 13.2 Å². The number of hydrogen-bond acceptors (Lipinski definition) is 4. The maximum Gasteiger partial charge on any atom is 0.258 e. The minimum absolute atomic E-state index is 0.121. The molecule has 2 heterocycles. The van der Waals surface area contributed by atoms with Crippen LogP contribution in [0.4, 0.5) is 0 Å². The van der Waals surface area contributed by atoms with Crippen LogP contribution in [0.3, 0.4) is 0 Å². The molecule has 0 spiro atoms. The van der Waals surface area contributed by atoms with Crippen LogP contribution in [0, 0.1) is 0 Å². The van der Waals surface area contributed by atoms with Gasteiger partial charge in [-0.1, -0.05) is 30.7 Å². The third-order valence-electron chi connectivity index (χ3n) is 4.15. The van der Waals surface area contributed by atoms with Crippen molar-refractivity contribution in [2.45, 2.75) is 26.9 Å². The fraction of sp³-hybridized carbons (Fsp3) is 0.300. The summed E-state index contributed by atoms with van der Waals surface area (Å²) in [5, 5.41) is 0.514. The van der Waals surface area contributed by atoms with Crippen LogP contribution in [0.2, 0.25) is 5.02 Å². The molecule has 0 N–H and O–H groups in total. The van der Waals surface area contributed by atoms with Crippen LogP contribution in [0.15, 0.2) is 53.5 Å². The first-order valence-electron chi connectivity index (χ1n) is 8.71. The third kappa shape index (κ3) is 4.42. The SMILES string of the molecule is CCOc1ccc(CN(CC)Cc2cc(=O)n3cc(Cl)ccc3n2)cc1. The van der Waals surface area contributed by atoms with Gasteiger partial charge in [-0.3, -0.25) is 14.1 Å². The molecule has 0 unspecified atom stereocenters. The summed E-state index contributed by atoms with van der Waals surface area (Å²) in [6.07, 6.45) is 1.59. The molecule has 0 aliphatic heterocycles. The Labute approximate surface area is 157 Å². The Hall–Kier alpha value is -2.37. The highest BCUT2D eigenvalue weighted by molar-refractivity contribution is 6.30. The minimum Gasteiger partial charge on any atom is -0.494 e. The molecule has 0 aliphatic carbocycles. The number of fused-ring (bicyclic) bond motifs is 1. The molecule has 0 fully saturated rings. The van der Waals surface area contributed by atoms with Crippen molar-refractivity contribution < 1.29 is 4.74 Å². The molecular weight excluding hydrogens is 350 g/mol. The standard InChI is InChI=1S/C20H22ClN3O2/c1-3-23(12-15-5-8-18(9-6-15)26-4-2)14-17-11-20(25)24-13-16(21)7-10-19(24)22-17/h5-11,13H,3-4,12,14H2,1-2H3. The van der Waals surface area contributed by atoms with E-state index in [1.54, 1.807) is 24.4 Å². The maximum atomic E-state index is 12.3. The lowest BCUT2D eigenvalue weighted by Gasteiger charge is -2.20. The summed E-state index contributed by atoms with van der Waals surface area (Å²) in [5.74, 6) is 0.877. The number of rotatable bonds is 7. The predicted molar refractivity (Wildman–Crippen MR) is 104 cm³/mol. The summed E-state index contributed by atoms with van der Waals surface area (Å²) in [4.78, 5) is 19.1. The zero-order chi connectivity index (χ0) is 18.5. The Bertz CT molecular complexity index is 938. The molecule has 0 saturated carbocycles. The summed E-state index contributed by atoms with van der Waals surface area (Å²) in [6.45, 7) is 6.98. The van der Waals surface area contributed by atoms with Crippen LogP contribution in [-0.2, 0) is 13.1 Å². The minimum atomic E-state index is -0.121. The quantitative estimate of drug-likeness (QED) is 0.634. The zero-order valence-electron chi connectivity index (χ0n) is 15.0. The van der Waals surface area contributed by atoms with Crippen LogP contribution in [0.25, 0.3) is 5.65 Å². The molecule has 1 aromatic carbocycles. The number of nitrogens with zero attached hydrogens (tertiary/aromatic N) is 3. The Morgan fingerprint density at radius 2 is 1.88 bits per heavy atom. The monoisotopic (exact) mass is 371 g/mol. The van der Waals surface area contributed by atoms with E-state index in [2.05, 4.69) is 28.9 Å². The van der Waals surface area contributed by atoms with Gasteiger partial charge in [0, 0.05) is 25.4 Å². The van der Waals surface area contributed by atoms with Crippen LogP contribution < -0.4 is 10.3 Å². The van der Waals surface area contributed by atoms with Crippen molar-refractivity contribution in [3.05, 3.63) is 75.3 Å². The van der Waals surface area contributed by atoms with Crippen molar-refractivity contribution in [3.63, 3.8) is 0 Å². The first kappa shape index (κ1) is 18.4. The number of ether oxygens (including phenoxy) is 1. The summed E-state index contributed by atoms with van der Waals surface area (Å²) >= 11 is 5.95. The molecule has 136 valence electrons. The second-order valence-corrected chi connectivity index (χ2v) is 6.48. The second kappa shape index (κ2) is 8.34. The van der Waals surface area contributed by atoms with E-state index in [1.165, 1.54) is 9.96 Å². The molecule has 0 bridgehead atoms. The summed E-state index contributed by atoms with van der Waals surface area (Å²) in [5.41, 5.74) is 2.43. The van der Waals surface area contributed by atoms with Crippen LogP contribution in [0.1, 0.15) is 25.1 Å². The van der Waals surface area contributed by atoms with Crippen molar-refractivity contribution in [2.24, 2.45) is 0 Å². The lowest BCUT2D eigenvalue weighted by atomic mass is 10.2. The molecule has 3 aromatic rings. The van der Waals surface area contributed by atoms with Crippen molar-refractivity contribution >= 4 is 17.2 Å². The number of pyridine rings is 1. The fourth-order valence-electron chi connectivity index (χ4n) is 2.83. The van der Waals surface area contributed by atoms with Gasteiger partial charge in [0.15, 0.2) is 0 Å². The molecular formula is C20H22ClN3O2. The summed E-state index contributed by atoms with van der Waals surface area (Å²) < 4.78 is 6.95. The molecule has 6 heteroatoms. The highest BCUT2D eigenvalue weighted by atomic mass is 35.5. The third-order valence-corrected chi connectivity index (χ3v) is 4.37. The largest absolute Gasteiger partial charge is 0.494 e. The van der Waals surface area contributed by atoms with Crippen molar-refractivity contribution in [1.82, 2.24) is 14.3 Å².